The van der Waals surface area contributed by atoms with E-state index in [1.807, 2.05) is 107 Å². The number of amides is 1. The van der Waals surface area contributed by atoms with E-state index in [0.717, 1.165) is 16.7 Å². The van der Waals surface area contributed by atoms with Crippen LogP contribution in [-0.4, -0.2) is 105 Å². The zero-order valence-electron chi connectivity index (χ0n) is 40.2. The number of hydrogen-bond donors (Lipinski definition) is 1. The molecule has 3 heterocycles. The Morgan fingerprint density at radius 2 is 1.41 bits per heavy atom. The van der Waals surface area contributed by atoms with Crippen molar-refractivity contribution in [2.24, 2.45) is 0 Å². The van der Waals surface area contributed by atoms with Crippen LogP contribution in [0.1, 0.15) is 96.6 Å². The van der Waals surface area contributed by atoms with E-state index in [1.165, 1.54) is 26.5 Å². The molecule has 69 heavy (non-hydrogen) atoms. The molecule has 1 saturated heterocycles. The second kappa shape index (κ2) is 24.4. The molecule has 0 saturated carbocycles. The van der Waals surface area contributed by atoms with Crippen LogP contribution in [0, 0.1) is 11.3 Å². The highest BCUT2D eigenvalue weighted by Crippen LogP contribution is 2.52. The Morgan fingerprint density at radius 3 is 1.97 bits per heavy atom. The first kappa shape index (κ1) is 52.2. The normalized spacial score (nSPS) is 17.5. The van der Waals surface area contributed by atoms with Crippen molar-refractivity contribution < 1.29 is 51.9 Å². The number of fused-ring (bicyclic) bond motifs is 1. The molecule has 1 aliphatic heterocycles. The number of hydrogen-bond acceptors (Lipinski definition) is 16. The van der Waals surface area contributed by atoms with Gasteiger partial charge in [-0.05, 0) is 82.5 Å². The van der Waals surface area contributed by atoms with E-state index in [4.69, 9.17) is 32.7 Å². The monoisotopic (exact) mass is 965 g/mol. The summed E-state index contributed by atoms with van der Waals surface area (Å²) in [6.07, 6.45) is -2.13. The van der Waals surface area contributed by atoms with Crippen LogP contribution >= 0.6 is 8.53 Å². The number of nitriles is 1. The molecule has 18 nitrogen and oxygen atoms in total. The lowest BCUT2D eigenvalue weighted by molar-refractivity contribution is -0.158. The Kier molecular flexibility index (Phi) is 18.4. The van der Waals surface area contributed by atoms with Crippen LogP contribution in [0.4, 0.5) is 5.82 Å². The van der Waals surface area contributed by atoms with E-state index < -0.39 is 50.5 Å². The summed E-state index contributed by atoms with van der Waals surface area (Å²) in [5.41, 5.74) is 1.40. The van der Waals surface area contributed by atoms with Crippen LogP contribution in [0.2, 0.25) is 0 Å². The molecule has 1 fully saturated rings. The maximum Gasteiger partial charge on any atom is 0.306 e. The molecule has 5 aromatic rings. The topological polar surface area (TPSA) is 216 Å². The van der Waals surface area contributed by atoms with Crippen molar-refractivity contribution in [2.75, 3.05) is 32.8 Å². The fraction of sp³-hybridized carbons (Fsp3) is 0.440. The van der Waals surface area contributed by atoms with Gasteiger partial charge in [0.25, 0.3) is 8.53 Å². The minimum atomic E-state index is -1.99. The van der Waals surface area contributed by atoms with Gasteiger partial charge in [-0.2, -0.15) is 5.26 Å². The molecule has 0 spiro atoms. The molecule has 2 aromatic heterocycles. The number of esters is 1. The summed E-state index contributed by atoms with van der Waals surface area (Å²) in [5, 5.41) is 12.3. The zero-order valence-corrected chi connectivity index (χ0v) is 41.1. The van der Waals surface area contributed by atoms with Crippen molar-refractivity contribution in [3.05, 3.63) is 108 Å². The van der Waals surface area contributed by atoms with E-state index in [1.54, 1.807) is 18.8 Å². The van der Waals surface area contributed by atoms with Gasteiger partial charge in [0.1, 0.15) is 47.2 Å². The quantitative estimate of drug-likeness (QED) is 0.0254. The molecule has 0 radical (unpaired) electrons. The number of ketones is 2. The standard InChI is InChI=1S/C50H60N7O11P/c1-32(2)57(33(3)4)69(65-28-12-27-51)68-45-41(29-64-50(36-13-10-9-11-14-36,37-17-21-39(62-7)22-18-37)38-19-23-40(63-8)24-20-38)66-49(46(45)67-43(61)26-16-35(6)59)56-31-54-44-47(52-30-53-48(44)56)55-42(60)25-15-34(5)58/h9-11,13-14,17-24,30-33,41,45-46,49H,12,15-16,25-26,28-29H2,1-8H3,(H,52,53,55,60)/t41-,45-,46-,49-,69?/m1/s1. The molecule has 1 unspecified atom stereocenters. The molecule has 5 atom stereocenters. The van der Waals surface area contributed by atoms with Gasteiger partial charge in [0.05, 0.1) is 52.7 Å². The van der Waals surface area contributed by atoms with Crippen LogP contribution in [0.3, 0.4) is 0 Å². The summed E-state index contributed by atoms with van der Waals surface area (Å²) in [6.45, 7) is 10.7. The Labute approximate surface area is 403 Å². The Bertz CT molecular complexity index is 2500. The fourth-order valence-electron chi connectivity index (χ4n) is 8.10. The third-order valence-corrected chi connectivity index (χ3v) is 13.5. The minimum absolute atomic E-state index is 0.0439. The lowest BCUT2D eigenvalue weighted by Gasteiger charge is -2.39. The minimum Gasteiger partial charge on any atom is -0.497 e. The van der Waals surface area contributed by atoms with E-state index >= 15 is 0 Å². The number of benzene rings is 3. The summed E-state index contributed by atoms with van der Waals surface area (Å²) in [4.78, 5) is 64.1. The van der Waals surface area contributed by atoms with Gasteiger partial charge in [-0.3, -0.25) is 14.2 Å². The van der Waals surface area contributed by atoms with Crippen LogP contribution < -0.4 is 14.8 Å². The maximum absolute atomic E-state index is 13.9. The SMILES string of the molecule is COc1ccc(C(OC[C@H]2O[C@@H](n3cnc4c(NC(=O)CCC(C)=O)ncnc43)[C@H](OC(=O)CCC(C)=O)[C@@H]2OP(OCCC#N)N(C(C)C)C(C)C)(c2ccccc2)c2ccc(OC)cc2)cc1. The highest BCUT2D eigenvalue weighted by atomic mass is 31.2. The Hall–Kier alpha value is -6.19. The second-order valence-corrected chi connectivity index (χ2v) is 18.4. The van der Waals surface area contributed by atoms with Gasteiger partial charge in [0.15, 0.2) is 29.3 Å². The van der Waals surface area contributed by atoms with Gasteiger partial charge >= 0.3 is 5.97 Å². The molecule has 19 heteroatoms. The first-order valence-electron chi connectivity index (χ1n) is 22.7. The average molecular weight is 966 g/mol. The van der Waals surface area contributed by atoms with Gasteiger partial charge in [0.2, 0.25) is 5.91 Å². The van der Waals surface area contributed by atoms with Crippen molar-refractivity contribution in [3.63, 3.8) is 0 Å². The first-order valence-corrected chi connectivity index (χ1v) is 23.9. The third kappa shape index (κ3) is 12.7. The molecule has 3 aromatic carbocycles. The number of anilines is 1. The van der Waals surface area contributed by atoms with Gasteiger partial charge in [0, 0.05) is 31.3 Å². The van der Waals surface area contributed by atoms with Gasteiger partial charge in [-0.25, -0.2) is 19.6 Å². The number of aromatic nitrogens is 4. The molecule has 1 aliphatic rings. The van der Waals surface area contributed by atoms with Crippen LogP contribution in [-0.2, 0) is 48.0 Å². The number of carbonyl (C=O) groups excluding carboxylic acids is 4. The molecule has 1 N–H and O–H groups in total. The van der Waals surface area contributed by atoms with E-state index in [9.17, 15) is 24.4 Å². The van der Waals surface area contributed by atoms with Gasteiger partial charge in [-0.1, -0.05) is 54.6 Å². The number of rotatable bonds is 25. The average Bonchev–Trinajstić information content (AvgIpc) is 3.92. The number of ether oxygens (including phenoxy) is 5. The van der Waals surface area contributed by atoms with Crippen LogP contribution in [0.25, 0.3) is 11.2 Å². The number of nitrogens with one attached hydrogen (secondary N) is 1. The van der Waals surface area contributed by atoms with Crippen molar-refractivity contribution >= 4 is 49.0 Å². The fourth-order valence-corrected chi connectivity index (χ4v) is 9.87. The summed E-state index contributed by atoms with van der Waals surface area (Å²) in [7, 11) is 1.20. The second-order valence-electron chi connectivity index (χ2n) is 17.0. The molecular weight excluding hydrogens is 906 g/mol. The third-order valence-electron chi connectivity index (χ3n) is 11.3. The van der Waals surface area contributed by atoms with Crippen LogP contribution in [0.5, 0.6) is 11.5 Å². The Balaban J connectivity index is 1.53. The van der Waals surface area contributed by atoms with Crippen molar-refractivity contribution in [1.82, 2.24) is 24.2 Å². The van der Waals surface area contributed by atoms with Crippen LogP contribution in [0.15, 0.2) is 91.5 Å². The van der Waals surface area contributed by atoms with E-state index in [0.29, 0.717) is 11.5 Å². The Morgan fingerprint density at radius 1 is 0.812 bits per heavy atom. The predicted octanol–water partition coefficient (Wildman–Crippen LogP) is 8.00. The van der Waals surface area contributed by atoms with E-state index in [-0.39, 0.29) is 85.9 Å². The molecular formula is C50H60N7O11P. The smallest absolute Gasteiger partial charge is 0.306 e. The maximum atomic E-state index is 13.9. The first-order chi connectivity index (χ1) is 33.2. The summed E-state index contributed by atoms with van der Waals surface area (Å²) >= 11 is 0. The highest BCUT2D eigenvalue weighted by molar-refractivity contribution is 7.44. The number of methoxy groups -OCH3 is 2. The largest absolute Gasteiger partial charge is 0.497 e. The molecule has 1 amide bonds. The van der Waals surface area contributed by atoms with Gasteiger partial charge in [-0.15, -0.1) is 0 Å². The van der Waals surface area contributed by atoms with Crippen molar-refractivity contribution in [3.8, 4) is 17.6 Å². The lowest BCUT2D eigenvalue weighted by atomic mass is 9.80. The number of imidazole rings is 1. The number of carbonyl (C=O) groups is 4. The van der Waals surface area contributed by atoms with Crippen molar-refractivity contribution in [2.45, 2.75) is 116 Å². The van der Waals surface area contributed by atoms with Gasteiger partial charge < -0.3 is 47.6 Å². The number of Topliss-reactive ketones (excluding diaryl/α,β-unsaturated/α-hetero) is 2. The lowest BCUT2D eigenvalue weighted by Crippen LogP contribution is -2.43. The summed E-state index contributed by atoms with van der Waals surface area (Å²) in [5.74, 6) is -0.101. The summed E-state index contributed by atoms with van der Waals surface area (Å²) < 4.78 is 49.1. The zero-order chi connectivity index (χ0) is 49.7. The predicted molar refractivity (Wildman–Crippen MR) is 256 cm³/mol. The van der Waals surface area contributed by atoms with E-state index in [2.05, 4.69) is 31.0 Å². The molecule has 0 bridgehead atoms. The van der Waals surface area contributed by atoms with Crippen molar-refractivity contribution in [1.29, 1.82) is 5.26 Å². The number of nitrogens with zero attached hydrogens (tertiary/aromatic N) is 6. The summed E-state index contributed by atoms with van der Waals surface area (Å²) in [6, 6.07) is 26.8. The molecule has 0 aliphatic carbocycles. The highest BCUT2D eigenvalue weighted by Gasteiger charge is 2.53. The molecule has 366 valence electrons. The molecule has 6 rings (SSSR count).